The summed E-state index contributed by atoms with van der Waals surface area (Å²) in [6.07, 6.45) is 0. The number of para-hydroxylation sites is 3. The lowest BCUT2D eigenvalue weighted by molar-refractivity contribution is 0.668. The van der Waals surface area contributed by atoms with Crippen molar-refractivity contribution in [3.63, 3.8) is 0 Å². The van der Waals surface area contributed by atoms with Crippen LogP contribution in [0.1, 0.15) is 0 Å². The molecule has 0 aliphatic heterocycles. The molecule has 9 aromatic rings. The highest BCUT2D eigenvalue weighted by molar-refractivity contribution is 9.10. The standard InChI is InChI=1S/C36H20BrNO2/c37-27-12-6-16-32-34(27)26-20-21(18-19-31(26)40-32)22-10-5-11-24-23-8-1-3-13-28(23)38(36(22)24)29-14-7-17-33-35(29)25-9-2-4-15-30(25)39-33/h1-20H. The molecule has 0 atom stereocenters. The molecule has 0 unspecified atom stereocenters. The van der Waals surface area contributed by atoms with E-state index in [-0.39, 0.29) is 0 Å². The molecule has 3 aromatic heterocycles. The molecule has 3 heterocycles. The van der Waals surface area contributed by atoms with Crippen molar-refractivity contribution in [3.8, 4) is 16.8 Å². The van der Waals surface area contributed by atoms with Crippen molar-refractivity contribution < 1.29 is 8.83 Å². The topological polar surface area (TPSA) is 31.2 Å². The van der Waals surface area contributed by atoms with Gasteiger partial charge in [0.15, 0.2) is 0 Å². The lowest BCUT2D eigenvalue weighted by Crippen LogP contribution is -1.96. The Morgan fingerprint density at radius 2 is 1.18 bits per heavy atom. The molecule has 0 N–H and O–H groups in total. The van der Waals surface area contributed by atoms with Gasteiger partial charge in [-0.25, -0.2) is 0 Å². The van der Waals surface area contributed by atoms with Crippen molar-refractivity contribution in [1.82, 2.24) is 4.57 Å². The van der Waals surface area contributed by atoms with Crippen LogP contribution < -0.4 is 0 Å². The molecule has 0 radical (unpaired) electrons. The van der Waals surface area contributed by atoms with Crippen molar-refractivity contribution in [2.75, 3.05) is 0 Å². The molecule has 0 saturated carbocycles. The Morgan fingerprint density at radius 3 is 2.08 bits per heavy atom. The smallest absolute Gasteiger partial charge is 0.137 e. The van der Waals surface area contributed by atoms with E-state index >= 15 is 0 Å². The fourth-order valence-corrected chi connectivity index (χ4v) is 6.96. The molecular formula is C36H20BrNO2. The van der Waals surface area contributed by atoms with Gasteiger partial charge in [-0.1, -0.05) is 88.7 Å². The maximum absolute atomic E-state index is 6.29. The van der Waals surface area contributed by atoms with Crippen LogP contribution in [0.5, 0.6) is 0 Å². The van der Waals surface area contributed by atoms with Gasteiger partial charge in [0, 0.05) is 37.0 Å². The van der Waals surface area contributed by atoms with Gasteiger partial charge >= 0.3 is 0 Å². The number of fused-ring (bicyclic) bond motifs is 9. The van der Waals surface area contributed by atoms with E-state index in [2.05, 4.69) is 118 Å². The SMILES string of the molecule is Brc1cccc2oc3ccc(-c4cccc5c6ccccc6n(-c6cccc7oc8ccccc8c67)c45)cc3c12. The Hall–Kier alpha value is -4.80. The highest BCUT2D eigenvalue weighted by atomic mass is 79.9. The van der Waals surface area contributed by atoms with Gasteiger partial charge in [0.05, 0.1) is 22.1 Å². The van der Waals surface area contributed by atoms with Gasteiger partial charge in [0.1, 0.15) is 22.3 Å². The monoisotopic (exact) mass is 577 g/mol. The van der Waals surface area contributed by atoms with Crippen LogP contribution in [-0.2, 0) is 0 Å². The first kappa shape index (κ1) is 22.1. The third-order valence-electron chi connectivity index (χ3n) is 8.07. The van der Waals surface area contributed by atoms with E-state index in [0.717, 1.165) is 59.6 Å². The van der Waals surface area contributed by atoms with Gasteiger partial charge in [0.25, 0.3) is 0 Å². The predicted octanol–water partition coefficient (Wildman–Crippen LogP) is 11.0. The maximum Gasteiger partial charge on any atom is 0.137 e. The van der Waals surface area contributed by atoms with E-state index in [1.807, 2.05) is 24.3 Å². The van der Waals surface area contributed by atoms with Gasteiger partial charge in [-0.05, 0) is 54.1 Å². The number of rotatable bonds is 2. The molecule has 4 heteroatoms. The number of aromatic nitrogens is 1. The second-order valence-electron chi connectivity index (χ2n) is 10.2. The van der Waals surface area contributed by atoms with Gasteiger partial charge in [-0.2, -0.15) is 0 Å². The van der Waals surface area contributed by atoms with Crippen LogP contribution in [0.25, 0.3) is 82.5 Å². The molecular weight excluding hydrogens is 558 g/mol. The normalized spacial score (nSPS) is 12.1. The van der Waals surface area contributed by atoms with Crippen LogP contribution in [0.15, 0.2) is 135 Å². The summed E-state index contributed by atoms with van der Waals surface area (Å²) in [6, 6.07) is 42.5. The van der Waals surface area contributed by atoms with Crippen LogP contribution in [-0.4, -0.2) is 4.57 Å². The zero-order valence-electron chi connectivity index (χ0n) is 21.2. The van der Waals surface area contributed by atoms with Crippen molar-refractivity contribution >= 4 is 81.6 Å². The Labute approximate surface area is 237 Å². The van der Waals surface area contributed by atoms with Crippen LogP contribution in [0.4, 0.5) is 0 Å². The minimum absolute atomic E-state index is 0.882. The van der Waals surface area contributed by atoms with Gasteiger partial charge in [0.2, 0.25) is 0 Å². The van der Waals surface area contributed by atoms with Gasteiger partial charge < -0.3 is 13.4 Å². The number of hydrogen-bond acceptors (Lipinski definition) is 2. The molecule has 0 spiro atoms. The highest BCUT2D eigenvalue weighted by Crippen LogP contribution is 2.43. The van der Waals surface area contributed by atoms with Crippen LogP contribution in [0, 0.1) is 0 Å². The van der Waals surface area contributed by atoms with Crippen molar-refractivity contribution in [1.29, 1.82) is 0 Å². The number of nitrogens with zero attached hydrogens (tertiary/aromatic N) is 1. The summed E-state index contributed by atoms with van der Waals surface area (Å²) in [4.78, 5) is 0. The minimum Gasteiger partial charge on any atom is -0.456 e. The lowest BCUT2D eigenvalue weighted by atomic mass is 9.99. The Kier molecular flexibility index (Phi) is 4.47. The minimum atomic E-state index is 0.882. The van der Waals surface area contributed by atoms with E-state index < -0.39 is 0 Å². The third-order valence-corrected chi connectivity index (χ3v) is 8.73. The molecule has 3 nitrogen and oxygen atoms in total. The summed E-state index contributed by atoms with van der Waals surface area (Å²) in [5.41, 5.74) is 9.31. The first-order valence-corrected chi connectivity index (χ1v) is 14.1. The fourth-order valence-electron chi connectivity index (χ4n) is 6.40. The van der Waals surface area contributed by atoms with E-state index in [0.29, 0.717) is 0 Å². The second-order valence-corrected chi connectivity index (χ2v) is 11.1. The van der Waals surface area contributed by atoms with E-state index in [4.69, 9.17) is 8.83 Å². The quantitative estimate of drug-likeness (QED) is 0.204. The second kappa shape index (κ2) is 8.10. The number of hydrogen-bond donors (Lipinski definition) is 0. The summed E-state index contributed by atoms with van der Waals surface area (Å²) in [6.45, 7) is 0. The Balaban J connectivity index is 1.43. The van der Waals surface area contributed by atoms with Gasteiger partial charge in [-0.3, -0.25) is 0 Å². The predicted molar refractivity (Wildman–Crippen MR) is 168 cm³/mol. The average Bonchev–Trinajstić information content (AvgIpc) is 3.66. The maximum atomic E-state index is 6.29. The van der Waals surface area contributed by atoms with Crippen LogP contribution in [0.3, 0.4) is 0 Å². The molecule has 0 amide bonds. The van der Waals surface area contributed by atoms with Crippen LogP contribution >= 0.6 is 15.9 Å². The molecule has 0 aliphatic rings. The zero-order chi connectivity index (χ0) is 26.4. The van der Waals surface area contributed by atoms with E-state index in [1.54, 1.807) is 0 Å². The molecule has 6 aromatic carbocycles. The van der Waals surface area contributed by atoms with Crippen molar-refractivity contribution in [2.45, 2.75) is 0 Å². The summed E-state index contributed by atoms with van der Waals surface area (Å²) in [5.74, 6) is 0. The molecule has 0 fully saturated rings. The molecule has 40 heavy (non-hydrogen) atoms. The van der Waals surface area contributed by atoms with E-state index in [1.165, 1.54) is 27.4 Å². The molecule has 0 bridgehead atoms. The zero-order valence-corrected chi connectivity index (χ0v) is 22.8. The molecule has 0 saturated heterocycles. The summed E-state index contributed by atoms with van der Waals surface area (Å²) < 4.78 is 15.9. The molecule has 188 valence electrons. The van der Waals surface area contributed by atoms with Gasteiger partial charge in [-0.15, -0.1) is 0 Å². The summed E-state index contributed by atoms with van der Waals surface area (Å²) in [5, 5.41) is 6.88. The molecule has 0 aliphatic carbocycles. The number of halogens is 1. The van der Waals surface area contributed by atoms with Crippen molar-refractivity contribution in [3.05, 3.63) is 126 Å². The van der Waals surface area contributed by atoms with Crippen LogP contribution in [0.2, 0.25) is 0 Å². The molecule has 9 rings (SSSR count). The van der Waals surface area contributed by atoms with E-state index in [9.17, 15) is 0 Å². The first-order chi connectivity index (χ1) is 19.8. The Bertz CT molecular complexity index is 2460. The summed E-state index contributed by atoms with van der Waals surface area (Å²) in [7, 11) is 0. The third kappa shape index (κ3) is 2.94. The Morgan fingerprint density at radius 1 is 0.500 bits per heavy atom. The summed E-state index contributed by atoms with van der Waals surface area (Å²) >= 11 is 3.75. The van der Waals surface area contributed by atoms with Crippen molar-refractivity contribution in [2.24, 2.45) is 0 Å². The number of furan rings is 2. The highest BCUT2D eigenvalue weighted by Gasteiger charge is 2.20. The fraction of sp³-hybridized carbons (Fsp3) is 0. The lowest BCUT2D eigenvalue weighted by Gasteiger charge is -2.13. The largest absolute Gasteiger partial charge is 0.456 e. The first-order valence-electron chi connectivity index (χ1n) is 13.3. The number of benzene rings is 6. The average molecular weight is 578 g/mol.